The van der Waals surface area contributed by atoms with Crippen LogP contribution in [0.2, 0.25) is 0 Å². The number of rotatable bonds is 0. The molecule has 0 aromatic heterocycles. The van der Waals surface area contributed by atoms with Gasteiger partial charge in [0.15, 0.2) is 5.78 Å². The molecule has 7 unspecified atom stereocenters. The van der Waals surface area contributed by atoms with Crippen LogP contribution in [0.4, 0.5) is 0 Å². The van der Waals surface area contributed by atoms with E-state index in [1.165, 1.54) is 100 Å². The summed E-state index contributed by atoms with van der Waals surface area (Å²) >= 11 is 5.33. The van der Waals surface area contributed by atoms with Crippen LogP contribution in [0.1, 0.15) is 190 Å². The van der Waals surface area contributed by atoms with Gasteiger partial charge in [0.1, 0.15) is 0 Å². The molecule has 0 aromatic carbocycles. The Hall–Kier alpha value is -0.0768. The molecule has 0 aliphatic carbocycles. The fourth-order valence-corrected chi connectivity index (χ4v) is 4.20. The van der Waals surface area contributed by atoms with E-state index in [1.54, 1.807) is 25.4 Å². The Labute approximate surface area is 449 Å². The van der Waals surface area contributed by atoms with Crippen LogP contribution in [0.3, 0.4) is 0 Å². The van der Waals surface area contributed by atoms with Gasteiger partial charge in [-0.05, 0) is 45.6 Å². The van der Waals surface area contributed by atoms with E-state index in [2.05, 4.69) is 109 Å². The molecule has 6 nitrogen and oxygen atoms in total. The molecule has 0 amide bonds. The van der Waals surface area contributed by atoms with E-state index in [-0.39, 0.29) is 23.8 Å². The zero-order valence-electron chi connectivity index (χ0n) is 45.9. The van der Waals surface area contributed by atoms with Gasteiger partial charge in [0.25, 0.3) is 0 Å². The first-order valence-electron chi connectivity index (χ1n) is 23.1. The molecule has 4 heterocycles. The van der Waals surface area contributed by atoms with Crippen LogP contribution in [0, 0.1) is 33.6 Å². The van der Waals surface area contributed by atoms with Crippen molar-refractivity contribution in [2.75, 3.05) is 0 Å². The zero-order chi connectivity index (χ0) is 54.3. The minimum absolute atomic E-state index is 0.0787. The van der Waals surface area contributed by atoms with Gasteiger partial charge < -0.3 is 54.1 Å². The second kappa shape index (κ2) is 86.1. The fraction of sp³-hybridized carbons (Fsp3) is 0.648. The first-order valence-corrected chi connectivity index (χ1v) is 31.4. The Bertz CT molecular complexity index is 945. The fourth-order valence-electron chi connectivity index (χ4n) is 4.20. The molecular formula is C54H108N4O2W4-8. The average Bonchev–Trinajstić information content (AvgIpc) is 3.28. The van der Waals surface area contributed by atoms with Crippen LogP contribution in [-0.2, 0) is 82.2 Å². The Morgan fingerprint density at radius 2 is 0.969 bits per heavy atom. The van der Waals surface area contributed by atoms with Crippen molar-refractivity contribution in [2.24, 2.45) is 5.92 Å². The molecule has 7 atom stereocenters. The summed E-state index contributed by atoms with van der Waals surface area (Å²) in [5, 5.41) is 26.3. The molecule has 388 valence electrons. The summed E-state index contributed by atoms with van der Waals surface area (Å²) in [6.45, 7) is 62.0. The first-order chi connectivity index (χ1) is 30.4. The molecule has 4 rings (SSSR count). The second-order valence-corrected chi connectivity index (χ2v) is 12.9. The number of hydrogen-bond acceptors (Lipinski definition) is 2. The van der Waals surface area contributed by atoms with Crippen LogP contribution >= 0.6 is 0 Å². The van der Waals surface area contributed by atoms with Gasteiger partial charge in [0.05, 0.1) is 5.60 Å². The number of carbonyl (C=O) groups is 1. The molecule has 1 saturated heterocycles. The van der Waals surface area contributed by atoms with Gasteiger partial charge in [-0.25, -0.2) is 0 Å². The van der Waals surface area contributed by atoms with Gasteiger partial charge >= 0.3 is 97.0 Å². The Kier molecular flexibility index (Phi) is 126. The third-order valence-electron chi connectivity index (χ3n) is 6.51. The van der Waals surface area contributed by atoms with Gasteiger partial charge in [0, 0.05) is 5.92 Å². The summed E-state index contributed by atoms with van der Waals surface area (Å²) in [4.78, 5) is 24.2. The predicted molar refractivity (Wildman–Crippen MR) is 291 cm³/mol. The average molecular weight is 1580 g/mol. The second-order valence-electron chi connectivity index (χ2n) is 12.9. The van der Waals surface area contributed by atoms with Crippen LogP contribution < -0.4 is 0 Å². The number of piperidine rings is 1. The molecule has 4 aliphatic heterocycles. The Morgan fingerprint density at radius 1 is 0.625 bits per heavy atom. The molecule has 1 N–H and O–H groups in total. The van der Waals surface area contributed by atoms with Crippen molar-refractivity contribution in [3.05, 3.63) is 110 Å². The number of ketones is 1. The summed E-state index contributed by atoms with van der Waals surface area (Å²) in [5.41, 5.74) is 3.21. The van der Waals surface area contributed by atoms with Crippen LogP contribution in [0.5, 0.6) is 0 Å². The maximum atomic E-state index is 10.9. The third kappa shape index (κ3) is 88.6. The molecule has 1 fully saturated rings. The molecule has 0 saturated carbocycles. The van der Waals surface area contributed by atoms with Gasteiger partial charge in [-0.15, -0.1) is 30.2 Å². The number of hydrogen-bond donors (Lipinski definition) is 1. The normalized spacial score (nSPS) is 21.5. The molecule has 10 heteroatoms. The number of carbonyl (C=O) groups excluding carboxylic acids is 1. The predicted octanol–water partition coefficient (Wildman–Crippen LogP) is 16.9. The van der Waals surface area contributed by atoms with Gasteiger partial charge in [0.2, 0.25) is 0 Å². The summed E-state index contributed by atoms with van der Waals surface area (Å²) in [7, 11) is 0. The summed E-state index contributed by atoms with van der Waals surface area (Å²) in [6, 6.07) is 1.91. The minimum atomic E-state index is -0.624. The van der Waals surface area contributed by atoms with Gasteiger partial charge in [-0.1, -0.05) is 161 Å². The number of aliphatic hydroxyl groups is 1. The van der Waals surface area contributed by atoms with Gasteiger partial charge in [-0.3, -0.25) is 4.79 Å². The van der Waals surface area contributed by atoms with Crippen molar-refractivity contribution < 1.29 is 87.3 Å². The molecule has 0 spiro atoms. The van der Waals surface area contributed by atoms with Crippen molar-refractivity contribution in [1.29, 1.82) is 0 Å². The Morgan fingerprint density at radius 3 is 1.19 bits per heavy atom. The van der Waals surface area contributed by atoms with Crippen molar-refractivity contribution in [3.63, 3.8) is 0 Å². The van der Waals surface area contributed by atoms with Crippen molar-refractivity contribution in [3.8, 4) is 0 Å². The molecule has 64 heavy (non-hydrogen) atoms. The van der Waals surface area contributed by atoms with Gasteiger partial charge in [-0.2, -0.15) is 44.3 Å². The topological polar surface area (TPSA) is 93.7 Å². The van der Waals surface area contributed by atoms with Crippen LogP contribution in [-0.4, -0.2) is 66.3 Å². The van der Waals surface area contributed by atoms with Crippen molar-refractivity contribution in [1.82, 2.24) is 0 Å². The van der Waals surface area contributed by atoms with Crippen LogP contribution in [0.15, 0.2) is 60.6 Å². The molecular weight excluding hydrogens is 1470 g/mol. The van der Waals surface area contributed by atoms with E-state index in [0.29, 0.717) is 18.1 Å². The number of allylic oxidation sites excluding steroid dienone is 2. The van der Waals surface area contributed by atoms with E-state index >= 15 is 0 Å². The van der Waals surface area contributed by atoms with E-state index in [9.17, 15) is 9.90 Å². The summed E-state index contributed by atoms with van der Waals surface area (Å²) in [6.07, 6.45) is 16.4. The van der Waals surface area contributed by atoms with E-state index in [0.717, 1.165) is 51.4 Å². The molecule has 0 aromatic rings. The summed E-state index contributed by atoms with van der Waals surface area (Å²) in [5.74, 6) is 0.271. The quantitative estimate of drug-likeness (QED) is 0.193. The third-order valence-corrected chi connectivity index (χ3v) is 6.51. The standard InChI is InChI=1S/C8H12N.C8H14N.C7H12NO.C7H11NO.4C3H7.4C2H6.4CH2.4W/c1-6-4-8(3)9-5-7(6)2;1-6-4-7(2)9-8(3)5-6;1-6-5-7(2,9)3-4-8-6;1-5-6(2)8-4-3-7(5)9;4*1-3-2;4*1-2;;;;;;;;/h5,8H,1,4H2,2-3H3;7-8H,1,4-5H2,2-3H3;3-4,6,9H,5H2,1-2H3;3-6H,1-2H3,(H,8,9);4*1,3H2,2H3;4*1-2H3;4*1H2;;;;/q3*-1;;4*-1;;;;;;;;;;;;/p-1. The van der Waals surface area contributed by atoms with Crippen molar-refractivity contribution >= 4 is 25.4 Å². The molecule has 0 radical (unpaired) electrons. The van der Waals surface area contributed by atoms with E-state index in [4.69, 9.17) is 0 Å². The Balaban J connectivity index is -0.0000000476. The van der Waals surface area contributed by atoms with Crippen molar-refractivity contribution in [2.45, 2.75) is 226 Å². The monoisotopic (exact) mass is 1580 g/mol. The van der Waals surface area contributed by atoms with Crippen LogP contribution in [0.25, 0.3) is 21.3 Å². The van der Waals surface area contributed by atoms with E-state index in [1.807, 2.05) is 110 Å². The first kappa shape index (κ1) is 93.9. The molecule has 0 bridgehead atoms. The maximum absolute atomic E-state index is 10.9. The number of nitrogens with zero attached hydrogens (tertiary/aromatic N) is 4. The summed E-state index contributed by atoms with van der Waals surface area (Å²) < 4.78 is 0. The molecule has 4 aliphatic rings. The SMILES string of the molecule is C=C1CC(C)[N-]C(C)C1.C=C1CC(C)[N-]C=C1C.CC.CC.CC.CC.CC1CC(C)(O)C=C[N-]1.CC1[N-]C=CC(=O)C1C.[CH2-]CC.[CH2-]CC.[CH2-]CC.[CH2-]CC.[CH2]=[W].[CH2]=[W].[CH2]=[W].[CH2]=[W]. The van der Waals surface area contributed by atoms with E-state index < -0.39 is 5.60 Å². The zero-order valence-corrected chi connectivity index (χ0v) is 57.6.